The van der Waals surface area contributed by atoms with Crippen LogP contribution in [0.25, 0.3) is 0 Å². The minimum absolute atomic E-state index is 0.0181. The molecule has 3 rings (SSSR count). The molecule has 2 fully saturated rings. The summed E-state index contributed by atoms with van der Waals surface area (Å²) in [5.74, 6) is 0.446. The minimum Gasteiger partial charge on any atom is -0.493 e. The summed E-state index contributed by atoms with van der Waals surface area (Å²) < 4.78 is 49.6. The van der Waals surface area contributed by atoms with E-state index in [1.54, 1.807) is 13.0 Å². The van der Waals surface area contributed by atoms with Gasteiger partial charge in [0.05, 0.1) is 25.3 Å². The first kappa shape index (κ1) is 21.4. The van der Waals surface area contributed by atoms with Gasteiger partial charge in [-0.15, -0.1) is 0 Å². The van der Waals surface area contributed by atoms with Gasteiger partial charge in [-0.1, -0.05) is 15.9 Å². The normalized spacial score (nSPS) is 20.0. The fourth-order valence-corrected chi connectivity index (χ4v) is 4.76. The van der Waals surface area contributed by atoms with Crippen molar-refractivity contribution in [2.24, 2.45) is 11.3 Å². The quantitative estimate of drug-likeness (QED) is 0.562. The zero-order chi connectivity index (χ0) is 20.4. The third-order valence-electron chi connectivity index (χ3n) is 5.75. The molecule has 1 aromatic rings. The average molecular weight is 464 g/mol. The van der Waals surface area contributed by atoms with E-state index in [2.05, 4.69) is 20.8 Å². The van der Waals surface area contributed by atoms with Crippen LogP contribution in [-0.4, -0.2) is 43.7 Å². The molecule has 0 bridgehead atoms. The van der Waals surface area contributed by atoms with E-state index in [9.17, 15) is 18.0 Å². The molecule has 28 heavy (non-hydrogen) atoms. The Bertz CT molecular complexity index is 694. The maximum Gasteiger partial charge on any atom is 0.417 e. The number of piperidine rings is 1. The van der Waals surface area contributed by atoms with Crippen LogP contribution >= 0.6 is 15.9 Å². The second-order valence-corrected chi connectivity index (χ2v) is 8.66. The molecule has 1 aromatic carbocycles. The van der Waals surface area contributed by atoms with E-state index in [-0.39, 0.29) is 16.2 Å². The van der Waals surface area contributed by atoms with Gasteiger partial charge in [-0.05, 0) is 75.2 Å². The Hall–Kier alpha value is -1.28. The molecule has 0 aromatic heterocycles. The lowest BCUT2D eigenvalue weighted by atomic mass is 9.58. The fraction of sp³-hybridized carbons (Fsp3) is 0.650. The van der Waals surface area contributed by atoms with Crippen molar-refractivity contribution in [3.05, 3.63) is 28.2 Å². The zero-order valence-electron chi connectivity index (χ0n) is 15.9. The molecule has 1 aliphatic carbocycles. The molecule has 1 aliphatic heterocycles. The lowest BCUT2D eigenvalue weighted by Gasteiger charge is -2.52. The highest BCUT2D eigenvalue weighted by atomic mass is 79.9. The second-order valence-electron chi connectivity index (χ2n) is 7.81. The molecular weight excluding hydrogens is 439 g/mol. The first-order valence-corrected chi connectivity index (χ1v) is 10.4. The lowest BCUT2D eigenvalue weighted by Crippen LogP contribution is -2.49. The number of carbonyl (C=O) groups is 1. The van der Waals surface area contributed by atoms with Crippen LogP contribution in [0, 0.1) is 11.3 Å². The Labute approximate surface area is 171 Å². The molecule has 4 nitrogen and oxygen atoms in total. The summed E-state index contributed by atoms with van der Waals surface area (Å²) in [6, 6.07) is 3.98. The SMILES string of the molecule is CCOC(=O)CN1CCC2(CC1)CC(COc1ccc(Br)c(C(F)(F)F)c1)C2. The van der Waals surface area contributed by atoms with Crippen LogP contribution in [0.3, 0.4) is 0 Å². The van der Waals surface area contributed by atoms with Crippen molar-refractivity contribution < 1.29 is 27.4 Å². The molecule has 0 atom stereocenters. The third-order valence-corrected chi connectivity index (χ3v) is 6.44. The number of hydrogen-bond acceptors (Lipinski definition) is 4. The Morgan fingerprint density at radius 1 is 1.29 bits per heavy atom. The number of halogens is 4. The van der Waals surface area contributed by atoms with Crippen LogP contribution in [0.4, 0.5) is 13.2 Å². The molecule has 1 spiro atoms. The smallest absolute Gasteiger partial charge is 0.417 e. The lowest BCUT2D eigenvalue weighted by molar-refractivity contribution is -0.145. The number of carbonyl (C=O) groups excluding carboxylic acids is 1. The Balaban J connectivity index is 1.43. The van der Waals surface area contributed by atoms with Gasteiger partial charge in [-0.2, -0.15) is 13.2 Å². The van der Waals surface area contributed by atoms with Crippen molar-refractivity contribution in [3.8, 4) is 5.75 Å². The van der Waals surface area contributed by atoms with E-state index in [4.69, 9.17) is 9.47 Å². The highest BCUT2D eigenvalue weighted by Crippen LogP contribution is 2.52. The number of alkyl halides is 3. The van der Waals surface area contributed by atoms with Crippen molar-refractivity contribution >= 4 is 21.9 Å². The van der Waals surface area contributed by atoms with E-state index < -0.39 is 11.7 Å². The van der Waals surface area contributed by atoms with Gasteiger partial charge in [-0.25, -0.2) is 0 Å². The van der Waals surface area contributed by atoms with Crippen molar-refractivity contribution in [3.63, 3.8) is 0 Å². The van der Waals surface area contributed by atoms with E-state index in [1.807, 2.05) is 0 Å². The molecule has 0 N–H and O–H groups in total. The molecule has 0 radical (unpaired) electrons. The minimum atomic E-state index is -4.41. The van der Waals surface area contributed by atoms with Crippen LogP contribution in [0.1, 0.15) is 38.2 Å². The van der Waals surface area contributed by atoms with Crippen LogP contribution in [-0.2, 0) is 15.7 Å². The number of ether oxygens (including phenoxy) is 2. The van der Waals surface area contributed by atoms with Crippen molar-refractivity contribution in [1.82, 2.24) is 4.90 Å². The average Bonchev–Trinajstić information content (AvgIpc) is 2.60. The van der Waals surface area contributed by atoms with Crippen LogP contribution in [0.2, 0.25) is 0 Å². The summed E-state index contributed by atoms with van der Waals surface area (Å²) in [5, 5.41) is 0. The van der Waals surface area contributed by atoms with E-state index in [0.29, 0.717) is 31.1 Å². The Morgan fingerprint density at radius 2 is 1.96 bits per heavy atom. The maximum absolute atomic E-state index is 13.0. The molecule has 1 heterocycles. The summed E-state index contributed by atoms with van der Waals surface area (Å²) in [6.45, 7) is 4.76. The molecule has 1 saturated carbocycles. The van der Waals surface area contributed by atoms with E-state index >= 15 is 0 Å². The number of esters is 1. The van der Waals surface area contributed by atoms with Gasteiger partial charge in [0.25, 0.3) is 0 Å². The standard InChI is InChI=1S/C20H25BrF3NO3/c1-2-27-18(26)12-25-7-5-19(6-8-25)10-14(11-19)13-28-15-3-4-17(21)16(9-15)20(22,23)24/h3-4,9,14H,2,5-8,10-13H2,1H3. The number of likely N-dealkylation sites (tertiary alicyclic amines) is 1. The van der Waals surface area contributed by atoms with Crippen LogP contribution in [0.5, 0.6) is 5.75 Å². The number of rotatable bonds is 6. The van der Waals surface area contributed by atoms with Crippen molar-refractivity contribution in [2.75, 3.05) is 32.8 Å². The number of nitrogens with zero attached hydrogens (tertiary/aromatic N) is 1. The van der Waals surface area contributed by atoms with Gasteiger partial charge in [0, 0.05) is 4.47 Å². The molecule has 2 aliphatic rings. The summed E-state index contributed by atoms with van der Waals surface area (Å²) in [7, 11) is 0. The molecule has 1 saturated heterocycles. The zero-order valence-corrected chi connectivity index (χ0v) is 17.4. The first-order chi connectivity index (χ1) is 13.2. The molecule has 156 valence electrons. The molecular formula is C20H25BrF3NO3. The molecule has 0 amide bonds. The van der Waals surface area contributed by atoms with Crippen LogP contribution < -0.4 is 4.74 Å². The topological polar surface area (TPSA) is 38.8 Å². The second kappa shape index (κ2) is 8.61. The van der Waals surface area contributed by atoms with Gasteiger partial charge in [0.1, 0.15) is 5.75 Å². The third kappa shape index (κ3) is 5.20. The molecule has 0 unspecified atom stereocenters. The van der Waals surface area contributed by atoms with E-state index in [1.165, 1.54) is 6.07 Å². The summed E-state index contributed by atoms with van der Waals surface area (Å²) in [6.07, 6.45) is -0.263. The van der Waals surface area contributed by atoms with E-state index in [0.717, 1.165) is 44.8 Å². The highest BCUT2D eigenvalue weighted by molar-refractivity contribution is 9.10. The number of hydrogen-bond donors (Lipinski definition) is 0. The van der Waals surface area contributed by atoms with Gasteiger partial charge in [-0.3, -0.25) is 9.69 Å². The molecule has 8 heteroatoms. The van der Waals surface area contributed by atoms with Gasteiger partial charge in [0.15, 0.2) is 0 Å². The van der Waals surface area contributed by atoms with Gasteiger partial charge >= 0.3 is 12.1 Å². The maximum atomic E-state index is 13.0. The predicted molar refractivity (Wildman–Crippen MR) is 102 cm³/mol. The Morgan fingerprint density at radius 3 is 2.57 bits per heavy atom. The van der Waals surface area contributed by atoms with Crippen molar-refractivity contribution in [2.45, 2.75) is 38.8 Å². The highest BCUT2D eigenvalue weighted by Gasteiger charge is 2.46. The largest absolute Gasteiger partial charge is 0.493 e. The van der Waals surface area contributed by atoms with Crippen molar-refractivity contribution in [1.29, 1.82) is 0 Å². The van der Waals surface area contributed by atoms with Gasteiger partial charge in [0.2, 0.25) is 0 Å². The van der Waals surface area contributed by atoms with Gasteiger partial charge < -0.3 is 9.47 Å². The number of benzene rings is 1. The fourth-order valence-electron chi connectivity index (χ4n) is 4.29. The monoisotopic (exact) mass is 463 g/mol. The Kier molecular flexibility index (Phi) is 6.59. The summed E-state index contributed by atoms with van der Waals surface area (Å²) >= 11 is 2.94. The first-order valence-electron chi connectivity index (χ1n) is 9.58. The van der Waals surface area contributed by atoms with Crippen LogP contribution in [0.15, 0.2) is 22.7 Å². The summed E-state index contributed by atoms with van der Waals surface area (Å²) in [4.78, 5) is 13.7. The summed E-state index contributed by atoms with van der Waals surface area (Å²) in [5.41, 5.74) is -0.417. The predicted octanol–water partition coefficient (Wildman–Crippen LogP) is 4.90.